The van der Waals surface area contributed by atoms with Crippen LogP contribution < -0.4 is 5.73 Å². The number of aryl methyl sites for hydroxylation is 2. The number of halogens is 1. The van der Waals surface area contributed by atoms with Gasteiger partial charge < -0.3 is 5.73 Å². The van der Waals surface area contributed by atoms with Crippen molar-refractivity contribution in [1.29, 1.82) is 0 Å². The topological polar surface area (TPSA) is 69.6 Å². The van der Waals surface area contributed by atoms with E-state index >= 15 is 0 Å². The molecule has 0 bridgehead atoms. The molecule has 3 rings (SSSR count). The number of aromatic nitrogens is 4. The molecule has 0 aliphatic rings. The van der Waals surface area contributed by atoms with Crippen molar-refractivity contribution >= 4 is 55.1 Å². The molecule has 0 aliphatic carbocycles. The molecule has 0 unspecified atom stereocenters. The van der Waals surface area contributed by atoms with Crippen molar-refractivity contribution in [1.82, 2.24) is 19.7 Å². The van der Waals surface area contributed by atoms with Crippen LogP contribution in [0, 0.1) is 6.92 Å². The lowest BCUT2D eigenvalue weighted by molar-refractivity contribution is 0.727. The van der Waals surface area contributed by atoms with Crippen LogP contribution in [0.5, 0.6) is 0 Å². The van der Waals surface area contributed by atoms with Gasteiger partial charge in [0.2, 0.25) is 0 Å². The van der Waals surface area contributed by atoms with Gasteiger partial charge in [-0.05, 0) is 34.3 Å². The molecule has 3 heterocycles. The molecule has 0 saturated heterocycles. The molecule has 5 nitrogen and oxygen atoms in total. The van der Waals surface area contributed by atoms with E-state index in [0.717, 1.165) is 31.8 Å². The fourth-order valence-electron chi connectivity index (χ4n) is 1.89. The molecule has 3 aromatic rings. The third-order valence-electron chi connectivity index (χ3n) is 2.93. The van der Waals surface area contributed by atoms with Crippen molar-refractivity contribution < 1.29 is 0 Å². The predicted molar refractivity (Wildman–Crippen MR) is 87.0 cm³/mol. The number of hydrogen-bond acceptors (Lipinski definition) is 6. The molecule has 0 spiro atoms. The van der Waals surface area contributed by atoms with Crippen LogP contribution in [0.2, 0.25) is 0 Å². The highest BCUT2D eigenvalue weighted by atomic mass is 79.9. The standard InChI is InChI=1S/C12H12BrN5S2/c1-6-9(13)8(18(2)17-6)5-20-12-15-10(14)7-3-4-19-11(7)16-12/h3-4H,5H2,1-2H3,(H2,14,15,16). The summed E-state index contributed by atoms with van der Waals surface area (Å²) < 4.78 is 2.91. The van der Waals surface area contributed by atoms with Gasteiger partial charge in [0.15, 0.2) is 5.16 Å². The normalized spacial score (nSPS) is 11.3. The molecular formula is C12H12BrN5S2. The zero-order chi connectivity index (χ0) is 14.3. The van der Waals surface area contributed by atoms with Gasteiger partial charge >= 0.3 is 0 Å². The van der Waals surface area contributed by atoms with Gasteiger partial charge in [-0.15, -0.1) is 11.3 Å². The lowest BCUT2D eigenvalue weighted by atomic mass is 10.4. The van der Waals surface area contributed by atoms with Crippen molar-refractivity contribution in [2.75, 3.05) is 5.73 Å². The van der Waals surface area contributed by atoms with Gasteiger partial charge in [0.1, 0.15) is 10.6 Å². The summed E-state index contributed by atoms with van der Waals surface area (Å²) in [5.41, 5.74) is 8.05. The van der Waals surface area contributed by atoms with Gasteiger partial charge in [-0.25, -0.2) is 9.97 Å². The minimum absolute atomic E-state index is 0.541. The molecule has 0 fully saturated rings. The van der Waals surface area contributed by atoms with E-state index in [1.165, 1.54) is 0 Å². The molecular weight excluding hydrogens is 358 g/mol. The first-order valence-corrected chi connectivity index (χ1v) is 8.53. The fourth-order valence-corrected chi connectivity index (χ4v) is 4.30. The Labute approximate surface area is 132 Å². The second kappa shape index (κ2) is 5.34. The lowest BCUT2D eigenvalue weighted by Crippen LogP contribution is -1.99. The highest BCUT2D eigenvalue weighted by Crippen LogP contribution is 2.30. The molecule has 0 amide bonds. The van der Waals surface area contributed by atoms with Gasteiger partial charge in [0, 0.05) is 12.8 Å². The highest BCUT2D eigenvalue weighted by molar-refractivity contribution is 9.10. The fraction of sp³-hybridized carbons (Fsp3) is 0.250. The first kappa shape index (κ1) is 13.8. The molecule has 3 aromatic heterocycles. The van der Waals surface area contributed by atoms with Gasteiger partial charge in [0.05, 0.1) is 21.2 Å². The van der Waals surface area contributed by atoms with Crippen LogP contribution in [-0.4, -0.2) is 19.7 Å². The van der Waals surface area contributed by atoms with E-state index in [1.807, 2.05) is 30.1 Å². The van der Waals surface area contributed by atoms with Gasteiger partial charge in [-0.2, -0.15) is 5.10 Å². The summed E-state index contributed by atoms with van der Waals surface area (Å²) in [5.74, 6) is 1.29. The molecule has 2 N–H and O–H groups in total. The minimum atomic E-state index is 0.541. The molecule has 0 aromatic carbocycles. The van der Waals surface area contributed by atoms with Gasteiger partial charge in [-0.1, -0.05) is 11.8 Å². The van der Waals surface area contributed by atoms with E-state index < -0.39 is 0 Å². The van der Waals surface area contributed by atoms with Crippen molar-refractivity contribution in [2.45, 2.75) is 17.8 Å². The third-order valence-corrected chi connectivity index (χ3v) is 5.63. The first-order chi connectivity index (χ1) is 9.56. The molecule has 8 heteroatoms. The zero-order valence-electron chi connectivity index (χ0n) is 10.9. The van der Waals surface area contributed by atoms with Crippen molar-refractivity contribution in [3.05, 3.63) is 27.3 Å². The maximum Gasteiger partial charge on any atom is 0.191 e. The molecule has 0 saturated carbocycles. The van der Waals surface area contributed by atoms with Crippen LogP contribution in [0.15, 0.2) is 21.1 Å². The number of thioether (sulfide) groups is 1. The molecule has 0 radical (unpaired) electrons. The number of anilines is 1. The second-order valence-electron chi connectivity index (χ2n) is 4.29. The lowest BCUT2D eigenvalue weighted by Gasteiger charge is -2.04. The van der Waals surface area contributed by atoms with Crippen LogP contribution >= 0.6 is 39.0 Å². The first-order valence-electron chi connectivity index (χ1n) is 5.87. The summed E-state index contributed by atoms with van der Waals surface area (Å²) in [6.45, 7) is 1.98. The van der Waals surface area contributed by atoms with Crippen LogP contribution in [0.25, 0.3) is 10.2 Å². The number of rotatable bonds is 3. The van der Waals surface area contributed by atoms with Crippen LogP contribution in [0.4, 0.5) is 5.82 Å². The van der Waals surface area contributed by atoms with Crippen LogP contribution in [0.3, 0.4) is 0 Å². The summed E-state index contributed by atoms with van der Waals surface area (Å²) in [6, 6.07) is 1.95. The van der Waals surface area contributed by atoms with Crippen molar-refractivity contribution in [3.8, 4) is 0 Å². The highest BCUT2D eigenvalue weighted by Gasteiger charge is 2.13. The molecule has 104 valence electrons. The molecule has 20 heavy (non-hydrogen) atoms. The van der Waals surface area contributed by atoms with Crippen molar-refractivity contribution in [3.63, 3.8) is 0 Å². The number of hydrogen-bond donors (Lipinski definition) is 1. The largest absolute Gasteiger partial charge is 0.383 e. The van der Waals surface area contributed by atoms with E-state index in [9.17, 15) is 0 Å². The van der Waals surface area contributed by atoms with E-state index in [4.69, 9.17) is 5.73 Å². The Balaban J connectivity index is 1.86. The average molecular weight is 370 g/mol. The SMILES string of the molecule is Cc1nn(C)c(CSc2nc(N)c3ccsc3n2)c1Br. The second-order valence-corrected chi connectivity index (χ2v) is 6.92. The number of nitrogens with zero attached hydrogens (tertiary/aromatic N) is 4. The Hall–Kier alpha value is -1.12. The summed E-state index contributed by atoms with van der Waals surface area (Å²) in [7, 11) is 1.94. The maximum absolute atomic E-state index is 5.95. The maximum atomic E-state index is 5.95. The Morgan fingerprint density at radius 3 is 2.95 bits per heavy atom. The van der Waals surface area contributed by atoms with Crippen molar-refractivity contribution in [2.24, 2.45) is 7.05 Å². The van der Waals surface area contributed by atoms with E-state index in [1.54, 1.807) is 23.1 Å². The Morgan fingerprint density at radius 1 is 1.45 bits per heavy atom. The number of fused-ring (bicyclic) bond motifs is 1. The monoisotopic (exact) mass is 369 g/mol. The van der Waals surface area contributed by atoms with Gasteiger partial charge in [-0.3, -0.25) is 4.68 Å². The predicted octanol–water partition coefficient (Wildman–Crippen LogP) is 3.37. The summed E-state index contributed by atoms with van der Waals surface area (Å²) in [4.78, 5) is 9.80. The third kappa shape index (κ3) is 2.43. The summed E-state index contributed by atoms with van der Waals surface area (Å²) in [5, 5.41) is 7.98. The van der Waals surface area contributed by atoms with Gasteiger partial charge in [0.25, 0.3) is 0 Å². The minimum Gasteiger partial charge on any atom is -0.383 e. The quantitative estimate of drug-likeness (QED) is 0.566. The summed E-state index contributed by atoms with van der Waals surface area (Å²) in [6.07, 6.45) is 0. The Bertz CT molecular complexity index is 780. The Morgan fingerprint density at radius 2 is 2.25 bits per heavy atom. The average Bonchev–Trinajstić information content (AvgIpc) is 2.95. The molecule has 0 aliphatic heterocycles. The van der Waals surface area contributed by atoms with E-state index in [2.05, 4.69) is 31.0 Å². The van der Waals surface area contributed by atoms with E-state index in [0.29, 0.717) is 11.0 Å². The molecule has 0 atom stereocenters. The number of nitrogens with two attached hydrogens (primary N) is 1. The van der Waals surface area contributed by atoms with E-state index in [-0.39, 0.29) is 0 Å². The number of thiophene rings is 1. The van der Waals surface area contributed by atoms with Crippen LogP contribution in [0.1, 0.15) is 11.4 Å². The summed E-state index contributed by atoms with van der Waals surface area (Å²) >= 11 is 6.70. The Kier molecular flexibility index (Phi) is 3.70. The number of nitrogen functional groups attached to an aromatic ring is 1. The smallest absolute Gasteiger partial charge is 0.191 e. The van der Waals surface area contributed by atoms with Crippen LogP contribution in [-0.2, 0) is 12.8 Å². The zero-order valence-corrected chi connectivity index (χ0v) is 14.1.